The van der Waals surface area contributed by atoms with Gasteiger partial charge in [0.15, 0.2) is 0 Å². The van der Waals surface area contributed by atoms with Crippen molar-refractivity contribution < 1.29 is 9.13 Å². The quantitative estimate of drug-likeness (QED) is 0.478. The van der Waals surface area contributed by atoms with Crippen LogP contribution < -0.4 is 4.74 Å². The van der Waals surface area contributed by atoms with Crippen LogP contribution in [0.3, 0.4) is 0 Å². The lowest BCUT2D eigenvalue weighted by Crippen LogP contribution is -2.02. The summed E-state index contributed by atoms with van der Waals surface area (Å²) in [5.41, 5.74) is 4.21. The third-order valence-electron chi connectivity index (χ3n) is 3.73. The van der Waals surface area contributed by atoms with Crippen LogP contribution in [0.2, 0.25) is 0 Å². The fraction of sp³-hybridized carbons (Fsp3) is 0.0588. The zero-order valence-corrected chi connectivity index (χ0v) is 10.4. The summed E-state index contributed by atoms with van der Waals surface area (Å²) >= 11 is 0. The van der Waals surface area contributed by atoms with E-state index in [0.29, 0.717) is 5.75 Å². The van der Waals surface area contributed by atoms with Gasteiger partial charge >= 0.3 is 0 Å². The van der Waals surface area contributed by atoms with E-state index in [9.17, 15) is 4.39 Å². The highest BCUT2D eigenvalue weighted by atomic mass is 19.1. The first-order chi connectivity index (χ1) is 9.28. The van der Waals surface area contributed by atoms with Crippen molar-refractivity contribution in [2.75, 3.05) is 7.11 Å². The average molecular weight is 250 g/mol. The maximum atomic E-state index is 13.6. The van der Waals surface area contributed by atoms with Crippen LogP contribution in [-0.4, -0.2) is 7.11 Å². The first kappa shape index (κ1) is 10.6. The summed E-state index contributed by atoms with van der Waals surface area (Å²) in [7, 11) is 1.58. The number of fused-ring (bicyclic) bond motifs is 5. The minimum atomic E-state index is -0.255. The molecule has 19 heavy (non-hydrogen) atoms. The van der Waals surface area contributed by atoms with Crippen molar-refractivity contribution in [3.8, 4) is 28.0 Å². The lowest BCUT2D eigenvalue weighted by atomic mass is 9.78. The van der Waals surface area contributed by atoms with E-state index in [2.05, 4.69) is 24.3 Å². The van der Waals surface area contributed by atoms with Crippen LogP contribution in [0, 0.1) is 5.82 Å². The van der Waals surface area contributed by atoms with Gasteiger partial charge in [-0.15, -0.1) is 0 Å². The number of ether oxygens (including phenoxy) is 1. The first-order valence-corrected chi connectivity index (χ1v) is 6.19. The van der Waals surface area contributed by atoms with Gasteiger partial charge in [-0.3, -0.25) is 0 Å². The van der Waals surface area contributed by atoms with Gasteiger partial charge < -0.3 is 4.74 Å². The molecule has 0 bridgehead atoms. The highest BCUT2D eigenvalue weighted by molar-refractivity contribution is 6.10. The average Bonchev–Trinajstić information content (AvgIpc) is 2.44. The van der Waals surface area contributed by atoms with Crippen molar-refractivity contribution >= 4 is 10.8 Å². The molecule has 0 radical (unpaired) electrons. The molecule has 0 N–H and O–H groups in total. The SMILES string of the molecule is COc1cc(F)cc2c1-c1cc3ccccc3cc1-2. The van der Waals surface area contributed by atoms with Gasteiger partial charge in [-0.05, 0) is 45.7 Å². The van der Waals surface area contributed by atoms with Crippen molar-refractivity contribution in [2.24, 2.45) is 0 Å². The fourth-order valence-corrected chi connectivity index (χ4v) is 2.84. The number of hydrogen-bond donors (Lipinski definition) is 0. The van der Waals surface area contributed by atoms with Gasteiger partial charge in [-0.25, -0.2) is 4.39 Å². The summed E-state index contributed by atoms with van der Waals surface area (Å²) in [6, 6.07) is 15.5. The minimum Gasteiger partial charge on any atom is -0.496 e. The fourth-order valence-electron chi connectivity index (χ4n) is 2.84. The first-order valence-electron chi connectivity index (χ1n) is 6.19. The van der Waals surface area contributed by atoms with E-state index in [1.807, 2.05) is 12.1 Å². The number of rotatable bonds is 1. The van der Waals surface area contributed by atoms with E-state index in [4.69, 9.17) is 4.74 Å². The van der Waals surface area contributed by atoms with Crippen LogP contribution in [0.5, 0.6) is 5.75 Å². The smallest absolute Gasteiger partial charge is 0.130 e. The molecule has 0 aromatic heterocycles. The van der Waals surface area contributed by atoms with Gasteiger partial charge in [-0.2, -0.15) is 0 Å². The summed E-state index contributed by atoms with van der Waals surface area (Å²) in [5, 5.41) is 2.37. The van der Waals surface area contributed by atoms with Crippen molar-refractivity contribution in [2.45, 2.75) is 0 Å². The molecule has 2 heteroatoms. The number of hydrogen-bond acceptors (Lipinski definition) is 1. The van der Waals surface area contributed by atoms with Crippen molar-refractivity contribution in [3.05, 3.63) is 54.3 Å². The van der Waals surface area contributed by atoms with Crippen molar-refractivity contribution in [1.82, 2.24) is 0 Å². The predicted octanol–water partition coefficient (Wildman–Crippen LogP) is 4.63. The summed E-state index contributed by atoms with van der Waals surface area (Å²) in [5.74, 6) is 0.354. The Balaban J connectivity index is 2.04. The number of methoxy groups -OCH3 is 1. The minimum absolute atomic E-state index is 0.255. The monoisotopic (exact) mass is 250 g/mol. The van der Waals surface area contributed by atoms with E-state index >= 15 is 0 Å². The van der Waals surface area contributed by atoms with Crippen LogP contribution in [-0.2, 0) is 0 Å². The highest BCUT2D eigenvalue weighted by Crippen LogP contribution is 2.53. The molecular weight excluding hydrogens is 239 g/mol. The Kier molecular flexibility index (Phi) is 1.99. The molecule has 92 valence electrons. The highest BCUT2D eigenvalue weighted by Gasteiger charge is 2.27. The molecular formula is C17H11FO. The molecule has 3 aromatic carbocycles. The Morgan fingerprint density at radius 2 is 1.53 bits per heavy atom. The zero-order chi connectivity index (χ0) is 13.0. The molecule has 0 saturated heterocycles. The Hall–Kier alpha value is -2.35. The van der Waals surface area contributed by atoms with E-state index in [-0.39, 0.29) is 5.82 Å². The molecule has 1 aliphatic carbocycles. The van der Waals surface area contributed by atoms with Crippen LogP contribution in [0.4, 0.5) is 4.39 Å². The Labute approximate surface area is 110 Å². The normalized spacial score (nSPS) is 11.7. The van der Waals surface area contributed by atoms with Crippen LogP contribution in [0.1, 0.15) is 0 Å². The van der Waals surface area contributed by atoms with Gasteiger partial charge in [0.05, 0.1) is 7.11 Å². The number of halogens is 1. The van der Waals surface area contributed by atoms with Gasteiger partial charge in [0.2, 0.25) is 0 Å². The van der Waals surface area contributed by atoms with Crippen molar-refractivity contribution in [3.63, 3.8) is 0 Å². The maximum absolute atomic E-state index is 13.6. The second-order valence-electron chi connectivity index (χ2n) is 4.78. The second-order valence-corrected chi connectivity index (χ2v) is 4.78. The molecule has 0 unspecified atom stereocenters. The van der Waals surface area contributed by atoms with Gasteiger partial charge in [0, 0.05) is 11.6 Å². The zero-order valence-electron chi connectivity index (χ0n) is 10.4. The lowest BCUT2D eigenvalue weighted by Gasteiger charge is -2.26. The Morgan fingerprint density at radius 1 is 0.842 bits per heavy atom. The van der Waals surface area contributed by atoms with E-state index < -0.39 is 0 Å². The van der Waals surface area contributed by atoms with Crippen LogP contribution in [0.15, 0.2) is 48.5 Å². The summed E-state index contributed by atoms with van der Waals surface area (Å²) in [6.07, 6.45) is 0. The third kappa shape index (κ3) is 1.34. The van der Waals surface area contributed by atoms with E-state index in [1.54, 1.807) is 13.2 Å². The Bertz CT molecular complexity index is 821. The van der Waals surface area contributed by atoms with Gasteiger partial charge in [-0.1, -0.05) is 24.3 Å². The topological polar surface area (TPSA) is 9.23 Å². The molecule has 3 aromatic rings. The summed E-state index contributed by atoms with van der Waals surface area (Å²) < 4.78 is 18.8. The second kappa shape index (κ2) is 3.58. The largest absolute Gasteiger partial charge is 0.496 e. The van der Waals surface area contributed by atoms with Crippen LogP contribution >= 0.6 is 0 Å². The molecule has 0 aliphatic heterocycles. The van der Waals surface area contributed by atoms with Crippen LogP contribution in [0.25, 0.3) is 33.0 Å². The van der Waals surface area contributed by atoms with E-state index in [0.717, 1.165) is 22.3 Å². The molecule has 0 heterocycles. The molecule has 1 nitrogen and oxygen atoms in total. The molecule has 0 spiro atoms. The summed E-state index contributed by atoms with van der Waals surface area (Å²) in [4.78, 5) is 0. The maximum Gasteiger partial charge on any atom is 0.130 e. The third-order valence-corrected chi connectivity index (χ3v) is 3.73. The molecule has 0 saturated carbocycles. The van der Waals surface area contributed by atoms with Crippen molar-refractivity contribution in [1.29, 1.82) is 0 Å². The van der Waals surface area contributed by atoms with E-state index in [1.165, 1.54) is 16.8 Å². The lowest BCUT2D eigenvalue weighted by molar-refractivity contribution is 0.413. The standard InChI is InChI=1S/C17H11FO/c1-19-16-9-12(18)8-15-13-6-10-4-2-3-5-11(10)7-14(13)17(15)16/h2-9H,1H3. The summed E-state index contributed by atoms with van der Waals surface area (Å²) in [6.45, 7) is 0. The van der Waals surface area contributed by atoms with Gasteiger partial charge in [0.25, 0.3) is 0 Å². The van der Waals surface area contributed by atoms with Gasteiger partial charge in [0.1, 0.15) is 11.6 Å². The molecule has 1 aliphatic rings. The molecule has 0 atom stereocenters. The number of benzene rings is 3. The molecule has 0 fully saturated rings. The predicted molar refractivity (Wildman–Crippen MR) is 74.9 cm³/mol. The Morgan fingerprint density at radius 3 is 2.21 bits per heavy atom. The molecule has 4 rings (SSSR count). The molecule has 0 amide bonds.